The van der Waals surface area contributed by atoms with Crippen molar-refractivity contribution in [1.29, 1.82) is 0 Å². The summed E-state index contributed by atoms with van der Waals surface area (Å²) in [5.41, 5.74) is 1.30. The summed E-state index contributed by atoms with van der Waals surface area (Å²) in [7, 11) is 1.67. The second-order valence-corrected chi connectivity index (χ2v) is 6.05. The molecule has 7 heteroatoms. The molecule has 0 radical (unpaired) electrons. The highest BCUT2D eigenvalue weighted by Crippen LogP contribution is 2.12. The number of amides is 1. The van der Waals surface area contributed by atoms with Crippen molar-refractivity contribution >= 4 is 16.8 Å². The summed E-state index contributed by atoms with van der Waals surface area (Å²) >= 11 is 0. The number of carbonyl (C=O) groups excluding carboxylic acids is 1. The molecule has 2 aromatic carbocycles. The molecule has 7 nitrogen and oxygen atoms in total. The summed E-state index contributed by atoms with van der Waals surface area (Å²) in [5.74, 6) is 0.534. The van der Waals surface area contributed by atoms with E-state index in [0.717, 1.165) is 16.0 Å². The maximum Gasteiger partial charge on any atom is 0.278 e. The van der Waals surface area contributed by atoms with Gasteiger partial charge in [-0.05, 0) is 36.8 Å². The van der Waals surface area contributed by atoms with Crippen LogP contribution in [0.4, 0.5) is 0 Å². The van der Waals surface area contributed by atoms with E-state index >= 15 is 0 Å². The van der Waals surface area contributed by atoms with Crippen molar-refractivity contribution in [2.24, 2.45) is 0 Å². The molecule has 3 rings (SSSR count). The van der Waals surface area contributed by atoms with Gasteiger partial charge in [-0.1, -0.05) is 29.5 Å². The Morgan fingerprint density at radius 2 is 2.00 bits per heavy atom. The van der Waals surface area contributed by atoms with Gasteiger partial charge in [-0.2, -0.15) is 0 Å². The highest BCUT2D eigenvalue weighted by Gasteiger charge is 2.13. The third-order valence-corrected chi connectivity index (χ3v) is 4.03. The van der Waals surface area contributed by atoms with Crippen molar-refractivity contribution in [3.05, 3.63) is 64.4 Å². The van der Waals surface area contributed by atoms with Gasteiger partial charge in [0, 0.05) is 7.05 Å². The van der Waals surface area contributed by atoms with Crippen LogP contribution >= 0.6 is 0 Å². The summed E-state index contributed by atoms with van der Waals surface area (Å²) in [6.45, 7) is 2.61. The van der Waals surface area contributed by atoms with Gasteiger partial charge < -0.3 is 9.64 Å². The van der Waals surface area contributed by atoms with Crippen LogP contribution in [0.2, 0.25) is 0 Å². The molecule has 0 spiro atoms. The zero-order chi connectivity index (χ0) is 18.5. The van der Waals surface area contributed by atoms with Crippen LogP contribution in [0.25, 0.3) is 10.9 Å². The molecule has 0 unspecified atom stereocenters. The number of aryl methyl sites for hydroxylation is 1. The molecule has 0 aliphatic heterocycles. The monoisotopic (exact) mass is 352 g/mol. The molecule has 3 aromatic rings. The number of fused-ring (bicyclic) bond motifs is 1. The predicted molar refractivity (Wildman–Crippen MR) is 98.1 cm³/mol. The van der Waals surface area contributed by atoms with Gasteiger partial charge in [0.05, 0.1) is 11.9 Å². The van der Waals surface area contributed by atoms with E-state index in [2.05, 4.69) is 10.3 Å². The largest absolute Gasteiger partial charge is 0.492 e. The quantitative estimate of drug-likeness (QED) is 0.674. The summed E-state index contributed by atoms with van der Waals surface area (Å²) in [4.78, 5) is 26.2. The van der Waals surface area contributed by atoms with Gasteiger partial charge >= 0.3 is 0 Å². The van der Waals surface area contributed by atoms with Gasteiger partial charge in [0.1, 0.15) is 24.4 Å². The topological polar surface area (TPSA) is 77.3 Å². The molecule has 0 bridgehead atoms. The number of rotatable bonds is 6. The molecule has 0 fully saturated rings. The molecule has 0 aliphatic rings. The average molecular weight is 352 g/mol. The first-order valence-corrected chi connectivity index (χ1v) is 8.30. The molecule has 0 N–H and O–H groups in total. The van der Waals surface area contributed by atoms with Gasteiger partial charge in [0.25, 0.3) is 5.56 Å². The van der Waals surface area contributed by atoms with Gasteiger partial charge in [0.15, 0.2) is 0 Å². The second kappa shape index (κ2) is 7.77. The van der Waals surface area contributed by atoms with E-state index < -0.39 is 0 Å². The van der Waals surface area contributed by atoms with Crippen LogP contribution in [0.1, 0.15) is 5.56 Å². The van der Waals surface area contributed by atoms with E-state index in [9.17, 15) is 9.59 Å². The lowest BCUT2D eigenvalue weighted by Crippen LogP contribution is -2.37. The molecule has 0 saturated heterocycles. The van der Waals surface area contributed by atoms with Crippen LogP contribution < -0.4 is 10.3 Å². The lowest BCUT2D eigenvalue weighted by molar-refractivity contribution is -0.131. The number of hydrogen-bond acceptors (Lipinski definition) is 5. The van der Waals surface area contributed by atoms with Gasteiger partial charge in [-0.25, -0.2) is 4.68 Å². The Labute approximate surface area is 150 Å². The van der Waals surface area contributed by atoms with Crippen molar-refractivity contribution in [2.75, 3.05) is 20.2 Å². The molecule has 0 aliphatic carbocycles. The van der Waals surface area contributed by atoms with E-state index in [-0.39, 0.29) is 18.0 Å². The van der Waals surface area contributed by atoms with Crippen LogP contribution in [0.15, 0.2) is 53.3 Å². The van der Waals surface area contributed by atoms with Crippen LogP contribution in [0.5, 0.6) is 5.75 Å². The zero-order valence-electron chi connectivity index (χ0n) is 14.8. The average Bonchev–Trinajstić information content (AvgIpc) is 2.64. The molecule has 1 amide bonds. The number of nitrogens with zero attached hydrogens (tertiary/aromatic N) is 4. The first-order valence-electron chi connectivity index (χ1n) is 8.30. The first kappa shape index (κ1) is 17.6. The van der Waals surface area contributed by atoms with Gasteiger partial charge in [0.2, 0.25) is 5.91 Å². The minimum atomic E-state index is -0.326. The normalized spacial score (nSPS) is 10.7. The Balaban J connectivity index is 1.59. The fourth-order valence-corrected chi connectivity index (χ4v) is 2.51. The fourth-order valence-electron chi connectivity index (χ4n) is 2.51. The summed E-state index contributed by atoms with van der Waals surface area (Å²) < 4.78 is 6.73. The molecule has 0 saturated carbocycles. The minimum Gasteiger partial charge on any atom is -0.492 e. The lowest BCUT2D eigenvalue weighted by atomic mass is 10.2. The van der Waals surface area contributed by atoms with Gasteiger partial charge in [-0.15, -0.1) is 5.10 Å². The van der Waals surface area contributed by atoms with E-state index in [1.807, 2.05) is 31.2 Å². The predicted octanol–water partition coefficient (Wildman–Crippen LogP) is 1.64. The molecular formula is C19H20N4O3. The summed E-state index contributed by atoms with van der Waals surface area (Å²) in [6, 6.07) is 14.7. The molecule has 26 heavy (non-hydrogen) atoms. The van der Waals surface area contributed by atoms with E-state index in [4.69, 9.17) is 4.74 Å². The van der Waals surface area contributed by atoms with Crippen LogP contribution in [-0.2, 0) is 11.3 Å². The Morgan fingerprint density at radius 1 is 1.19 bits per heavy atom. The lowest BCUT2D eigenvalue weighted by Gasteiger charge is -2.17. The number of likely N-dealkylation sites (N-methyl/N-ethyl adjacent to an activating group) is 1. The van der Waals surface area contributed by atoms with Crippen molar-refractivity contribution in [2.45, 2.75) is 13.5 Å². The Kier molecular flexibility index (Phi) is 5.26. The third kappa shape index (κ3) is 4.05. The maximum absolute atomic E-state index is 12.4. The summed E-state index contributed by atoms with van der Waals surface area (Å²) in [6.07, 6.45) is 0. The molecule has 0 atom stereocenters. The van der Waals surface area contributed by atoms with Crippen LogP contribution in [0, 0.1) is 6.92 Å². The Morgan fingerprint density at radius 3 is 2.81 bits per heavy atom. The van der Waals surface area contributed by atoms with Crippen molar-refractivity contribution in [3.63, 3.8) is 0 Å². The standard InChI is InChI=1S/C19H20N4O3/c1-14-6-5-7-15(12-14)26-11-10-22(2)18(24)13-23-19(25)16-8-3-4-9-17(16)20-21-23/h3-9,12H,10-11,13H2,1-2H3. The van der Waals surface area contributed by atoms with E-state index in [1.54, 1.807) is 31.3 Å². The van der Waals surface area contributed by atoms with Crippen molar-refractivity contribution in [3.8, 4) is 5.75 Å². The number of ether oxygens (including phenoxy) is 1. The van der Waals surface area contributed by atoms with Crippen molar-refractivity contribution < 1.29 is 9.53 Å². The van der Waals surface area contributed by atoms with Gasteiger partial charge in [-0.3, -0.25) is 9.59 Å². The number of carbonyl (C=O) groups is 1. The minimum absolute atomic E-state index is 0.155. The summed E-state index contributed by atoms with van der Waals surface area (Å²) in [5, 5.41) is 8.27. The second-order valence-electron chi connectivity index (χ2n) is 6.05. The zero-order valence-corrected chi connectivity index (χ0v) is 14.8. The van der Waals surface area contributed by atoms with Crippen molar-refractivity contribution in [1.82, 2.24) is 19.9 Å². The maximum atomic E-state index is 12.4. The molecule has 1 aromatic heterocycles. The molecule has 134 valence electrons. The first-order chi connectivity index (χ1) is 12.5. The van der Waals surface area contributed by atoms with E-state index in [1.165, 1.54) is 4.90 Å². The number of benzene rings is 2. The smallest absolute Gasteiger partial charge is 0.278 e. The van der Waals surface area contributed by atoms with E-state index in [0.29, 0.717) is 24.1 Å². The SMILES string of the molecule is Cc1cccc(OCCN(C)C(=O)Cn2nnc3ccccc3c2=O)c1. The Bertz CT molecular complexity index is 984. The molecular weight excluding hydrogens is 332 g/mol. The third-order valence-electron chi connectivity index (χ3n) is 4.03. The highest BCUT2D eigenvalue weighted by atomic mass is 16.5. The highest BCUT2D eigenvalue weighted by molar-refractivity contribution is 5.78. The van der Waals surface area contributed by atoms with Crippen LogP contribution in [-0.4, -0.2) is 46.0 Å². The Hall–Kier alpha value is -3.22. The molecule has 1 heterocycles. The fraction of sp³-hybridized carbons (Fsp3) is 0.263. The number of hydrogen-bond donors (Lipinski definition) is 0. The van der Waals surface area contributed by atoms with Crippen LogP contribution in [0.3, 0.4) is 0 Å². The number of aromatic nitrogens is 3.